The molecule has 0 fully saturated rings. The zero-order valence-corrected chi connectivity index (χ0v) is 10.00. The molecule has 84 valence electrons. The molecule has 0 atom stereocenters. The molecule has 0 radical (unpaired) electrons. The predicted octanol–water partition coefficient (Wildman–Crippen LogP) is 2.63. The lowest BCUT2D eigenvalue weighted by atomic mass is 10.2. The molecule has 0 heterocycles. The zero-order chi connectivity index (χ0) is 12.8. The van der Waals surface area contributed by atoms with E-state index in [9.17, 15) is 0 Å². The van der Waals surface area contributed by atoms with Crippen LogP contribution in [0.2, 0.25) is 10.0 Å². The van der Waals surface area contributed by atoms with Crippen LogP contribution in [0.5, 0.6) is 0 Å². The van der Waals surface area contributed by atoms with Crippen molar-refractivity contribution in [2.75, 3.05) is 0 Å². The molecule has 17 heavy (non-hydrogen) atoms. The predicted molar refractivity (Wildman–Crippen MR) is 66.5 cm³/mol. The zero-order valence-electron chi connectivity index (χ0n) is 8.48. The summed E-state index contributed by atoms with van der Waals surface area (Å²) in [5, 5.41) is 18.0. The van der Waals surface area contributed by atoms with Crippen LogP contribution in [-0.4, -0.2) is 6.21 Å². The van der Waals surface area contributed by atoms with Crippen LogP contribution in [0.15, 0.2) is 34.6 Å². The molecule has 0 spiro atoms. The van der Waals surface area contributed by atoms with Crippen LogP contribution < -0.4 is 5.73 Å². The first-order chi connectivity index (χ1) is 8.08. The number of aliphatic imine (C=N–C) groups is 1. The van der Waals surface area contributed by atoms with Gasteiger partial charge in [-0.2, -0.15) is 10.5 Å². The average Bonchev–Trinajstić information content (AvgIpc) is 2.33. The number of hydrogen-bond acceptors (Lipinski definition) is 4. The molecule has 1 rings (SSSR count). The normalized spacial score (nSPS) is 11.8. The first-order valence-electron chi connectivity index (χ1n) is 4.37. The van der Waals surface area contributed by atoms with Gasteiger partial charge in [-0.1, -0.05) is 29.3 Å². The minimum Gasteiger partial charge on any atom is -0.388 e. The van der Waals surface area contributed by atoms with Crippen LogP contribution in [0, 0.1) is 22.7 Å². The van der Waals surface area contributed by atoms with Crippen molar-refractivity contribution in [3.8, 4) is 12.1 Å². The van der Waals surface area contributed by atoms with Gasteiger partial charge < -0.3 is 5.73 Å². The summed E-state index contributed by atoms with van der Waals surface area (Å²) < 4.78 is 0. The fourth-order valence-corrected chi connectivity index (χ4v) is 1.25. The largest absolute Gasteiger partial charge is 0.388 e. The highest BCUT2D eigenvalue weighted by atomic mass is 35.5. The van der Waals surface area contributed by atoms with E-state index in [1.165, 1.54) is 6.21 Å². The van der Waals surface area contributed by atoms with E-state index in [1.807, 2.05) is 0 Å². The molecule has 6 heteroatoms. The molecule has 2 N–H and O–H groups in total. The Morgan fingerprint density at radius 2 is 1.94 bits per heavy atom. The van der Waals surface area contributed by atoms with E-state index in [2.05, 4.69) is 4.99 Å². The van der Waals surface area contributed by atoms with Crippen molar-refractivity contribution in [1.82, 2.24) is 0 Å². The third-order valence-corrected chi connectivity index (χ3v) is 2.51. The lowest BCUT2D eigenvalue weighted by molar-refractivity contribution is 1.27. The number of benzene rings is 1. The lowest BCUT2D eigenvalue weighted by Gasteiger charge is -1.97. The van der Waals surface area contributed by atoms with Gasteiger partial charge in [-0.05, 0) is 17.7 Å². The van der Waals surface area contributed by atoms with Gasteiger partial charge in [0, 0.05) is 6.21 Å². The third kappa shape index (κ3) is 3.49. The van der Waals surface area contributed by atoms with Gasteiger partial charge in [0.05, 0.1) is 10.0 Å². The minimum atomic E-state index is -0.233. The number of halogens is 2. The van der Waals surface area contributed by atoms with Gasteiger partial charge in [0.25, 0.3) is 0 Å². The molecule has 0 amide bonds. The summed E-state index contributed by atoms with van der Waals surface area (Å²) in [6, 6.07) is 8.24. The molecule has 0 aliphatic rings. The second-order valence-corrected chi connectivity index (χ2v) is 3.73. The molecule has 0 unspecified atom stereocenters. The molecule has 0 saturated heterocycles. The van der Waals surface area contributed by atoms with E-state index < -0.39 is 0 Å². The number of hydrogen-bond donors (Lipinski definition) is 1. The van der Waals surface area contributed by atoms with Gasteiger partial charge in [0.15, 0.2) is 5.70 Å². The van der Waals surface area contributed by atoms with Crippen LogP contribution in [0.4, 0.5) is 0 Å². The first kappa shape index (κ1) is 13.1. The van der Waals surface area contributed by atoms with Crippen molar-refractivity contribution in [2.45, 2.75) is 0 Å². The van der Waals surface area contributed by atoms with E-state index in [1.54, 1.807) is 30.3 Å². The Morgan fingerprint density at radius 1 is 1.24 bits per heavy atom. The van der Waals surface area contributed by atoms with Crippen LogP contribution in [0.3, 0.4) is 0 Å². The average molecular weight is 265 g/mol. The fraction of sp³-hybridized carbons (Fsp3) is 0. The van der Waals surface area contributed by atoms with Crippen molar-refractivity contribution in [3.05, 3.63) is 45.2 Å². The summed E-state index contributed by atoms with van der Waals surface area (Å²) in [4.78, 5) is 3.80. The Labute approximate surface area is 108 Å². The van der Waals surface area contributed by atoms with E-state index in [0.717, 1.165) is 0 Å². The second-order valence-electron chi connectivity index (χ2n) is 2.92. The van der Waals surface area contributed by atoms with E-state index in [0.29, 0.717) is 15.6 Å². The first-order valence-corrected chi connectivity index (χ1v) is 5.13. The minimum absolute atomic E-state index is 0.140. The van der Waals surface area contributed by atoms with Crippen LogP contribution >= 0.6 is 23.2 Å². The maximum atomic E-state index is 8.70. The summed E-state index contributed by atoms with van der Waals surface area (Å²) >= 11 is 11.5. The van der Waals surface area contributed by atoms with E-state index >= 15 is 0 Å². The number of nitrogens with zero attached hydrogens (tertiary/aromatic N) is 3. The lowest BCUT2D eigenvalue weighted by Crippen LogP contribution is -1.97. The Hall–Kier alpha value is -2.01. The summed E-state index contributed by atoms with van der Waals surface area (Å²) in [6.45, 7) is 0. The number of allylic oxidation sites excluding steroid dienone is 2. The highest BCUT2D eigenvalue weighted by molar-refractivity contribution is 6.42. The molecular formula is C11H6Cl2N4. The van der Waals surface area contributed by atoms with Crippen LogP contribution in [0.25, 0.3) is 0 Å². The summed E-state index contributed by atoms with van der Waals surface area (Å²) in [5.74, 6) is 0. The van der Waals surface area contributed by atoms with Crippen molar-refractivity contribution in [3.63, 3.8) is 0 Å². The maximum Gasteiger partial charge on any atom is 0.174 e. The molecular weight excluding hydrogens is 259 g/mol. The number of rotatable bonds is 2. The molecule has 0 aliphatic heterocycles. The van der Waals surface area contributed by atoms with E-state index in [-0.39, 0.29) is 11.4 Å². The van der Waals surface area contributed by atoms with Gasteiger partial charge in [0.1, 0.15) is 17.8 Å². The third-order valence-electron chi connectivity index (χ3n) is 1.77. The van der Waals surface area contributed by atoms with Gasteiger partial charge in [-0.25, -0.2) is 4.99 Å². The Bertz CT molecular complexity index is 576. The SMILES string of the molecule is N#C/C(N)=C(/C#N)N=Cc1ccc(Cl)c(Cl)c1. The molecule has 4 nitrogen and oxygen atoms in total. The second kappa shape index (κ2) is 5.91. The Balaban J connectivity index is 3.04. The molecule has 0 aliphatic carbocycles. The maximum absolute atomic E-state index is 8.70. The van der Waals surface area contributed by atoms with Crippen LogP contribution in [-0.2, 0) is 0 Å². The highest BCUT2D eigenvalue weighted by Crippen LogP contribution is 2.21. The van der Waals surface area contributed by atoms with Crippen molar-refractivity contribution in [2.24, 2.45) is 10.7 Å². The highest BCUT2D eigenvalue weighted by Gasteiger charge is 2.00. The standard InChI is InChI=1S/C11H6Cl2N4/c12-8-2-1-7(3-9(8)13)6-17-11(5-15)10(16)4-14/h1-3,6H,16H2/b11-10+,17-6?. The molecule has 0 bridgehead atoms. The monoisotopic (exact) mass is 264 g/mol. The van der Waals surface area contributed by atoms with Gasteiger partial charge in [0.2, 0.25) is 0 Å². The Kier molecular flexibility index (Phi) is 4.54. The number of nitrogens with two attached hydrogens (primary N) is 1. The van der Waals surface area contributed by atoms with Gasteiger partial charge in [-0.3, -0.25) is 0 Å². The summed E-state index contributed by atoms with van der Waals surface area (Å²) in [7, 11) is 0. The van der Waals surface area contributed by atoms with Crippen molar-refractivity contribution < 1.29 is 0 Å². The van der Waals surface area contributed by atoms with Gasteiger partial charge in [-0.15, -0.1) is 0 Å². The summed E-state index contributed by atoms with van der Waals surface area (Å²) in [5.41, 5.74) is 5.56. The molecule has 1 aromatic rings. The molecule has 0 saturated carbocycles. The molecule has 0 aromatic heterocycles. The topological polar surface area (TPSA) is 86.0 Å². The smallest absolute Gasteiger partial charge is 0.174 e. The van der Waals surface area contributed by atoms with Crippen molar-refractivity contribution >= 4 is 29.4 Å². The quantitative estimate of drug-likeness (QED) is 0.658. The Morgan fingerprint density at radius 3 is 2.47 bits per heavy atom. The molecule has 1 aromatic carbocycles. The van der Waals surface area contributed by atoms with Crippen LogP contribution in [0.1, 0.15) is 5.56 Å². The van der Waals surface area contributed by atoms with E-state index in [4.69, 9.17) is 39.5 Å². The van der Waals surface area contributed by atoms with Gasteiger partial charge >= 0.3 is 0 Å². The van der Waals surface area contributed by atoms with Crippen molar-refractivity contribution in [1.29, 1.82) is 10.5 Å². The summed E-state index contributed by atoms with van der Waals surface area (Å²) in [6.07, 6.45) is 1.38. The fourth-order valence-electron chi connectivity index (χ4n) is 0.943. The number of nitriles is 2.